The molecular weight excluding hydrogens is 438 g/mol. The van der Waals surface area contributed by atoms with Crippen LogP contribution in [0, 0.1) is 11.8 Å². The molecule has 0 aromatic carbocycles. The zero-order valence-electron chi connectivity index (χ0n) is 19.1. The average molecular weight is 476 g/mol. The summed E-state index contributed by atoms with van der Waals surface area (Å²) in [5.74, 6) is -4.04. The van der Waals surface area contributed by atoms with E-state index in [4.69, 9.17) is 11.5 Å². The van der Waals surface area contributed by atoms with Crippen LogP contribution in [-0.2, 0) is 24.0 Å². The molecule has 5 atom stereocenters. The van der Waals surface area contributed by atoms with Crippen molar-refractivity contribution in [2.45, 2.75) is 77.5 Å². The van der Waals surface area contributed by atoms with Crippen molar-refractivity contribution in [1.29, 1.82) is 0 Å². The number of carbonyl (C=O) groups excluding carboxylic acids is 4. The van der Waals surface area contributed by atoms with Gasteiger partial charge in [0.1, 0.15) is 18.1 Å². The van der Waals surface area contributed by atoms with Gasteiger partial charge in [-0.3, -0.25) is 19.2 Å². The molecule has 0 fully saturated rings. The van der Waals surface area contributed by atoms with Crippen molar-refractivity contribution < 1.29 is 29.1 Å². The summed E-state index contributed by atoms with van der Waals surface area (Å²) in [6, 6.07) is -4.23. The van der Waals surface area contributed by atoms with Crippen LogP contribution in [0.3, 0.4) is 0 Å². The Bertz CT molecular complexity index is 675. The largest absolute Gasteiger partial charge is 0.480 e. The maximum Gasteiger partial charge on any atom is 0.326 e. The van der Waals surface area contributed by atoms with Gasteiger partial charge in [-0.1, -0.05) is 34.1 Å². The second kappa shape index (κ2) is 14.7. The molecule has 0 aliphatic rings. The molecule has 0 bridgehead atoms. The Hall–Kier alpha value is -2.34. The molecule has 8 N–H and O–H groups in total. The van der Waals surface area contributed by atoms with Crippen LogP contribution >= 0.6 is 12.6 Å². The van der Waals surface area contributed by atoms with Crippen molar-refractivity contribution in [3.8, 4) is 0 Å². The van der Waals surface area contributed by atoms with Crippen LogP contribution in [0.25, 0.3) is 0 Å². The maximum absolute atomic E-state index is 12.8. The number of aliphatic carboxylic acids is 1. The molecule has 0 aromatic heterocycles. The Labute approximate surface area is 194 Å². The molecule has 0 spiro atoms. The highest BCUT2D eigenvalue weighted by Gasteiger charge is 2.32. The van der Waals surface area contributed by atoms with Crippen molar-refractivity contribution in [2.24, 2.45) is 23.3 Å². The molecule has 184 valence electrons. The van der Waals surface area contributed by atoms with E-state index in [1.165, 1.54) is 0 Å². The van der Waals surface area contributed by atoms with Crippen LogP contribution in [0.2, 0.25) is 0 Å². The Balaban J connectivity index is 5.28. The molecule has 5 unspecified atom stereocenters. The zero-order chi connectivity index (χ0) is 25.0. The summed E-state index contributed by atoms with van der Waals surface area (Å²) >= 11 is 4.08. The molecule has 0 radical (unpaired) electrons. The first-order chi connectivity index (χ1) is 14.8. The third kappa shape index (κ3) is 10.8. The van der Waals surface area contributed by atoms with Crippen molar-refractivity contribution in [3.05, 3.63) is 0 Å². The standard InChI is InChI=1S/C20H37N5O6S/c1-5-11(4)16(19(29)23-13(20(30)31)8-10(2)3)25-18(28)14(9-32)24-17(27)12(21)6-7-15(22)26/h10-14,16,32H,5-9,21H2,1-4H3,(H2,22,26)(H,23,29)(H,24,27)(H,25,28)(H,30,31). The predicted molar refractivity (Wildman–Crippen MR) is 123 cm³/mol. The molecule has 11 nitrogen and oxygen atoms in total. The van der Waals surface area contributed by atoms with Gasteiger partial charge in [0, 0.05) is 12.2 Å². The lowest BCUT2D eigenvalue weighted by Crippen LogP contribution is -2.59. The van der Waals surface area contributed by atoms with Gasteiger partial charge >= 0.3 is 5.97 Å². The van der Waals surface area contributed by atoms with E-state index in [1.807, 2.05) is 20.8 Å². The zero-order valence-corrected chi connectivity index (χ0v) is 20.0. The summed E-state index contributed by atoms with van der Waals surface area (Å²) < 4.78 is 0. The van der Waals surface area contributed by atoms with Gasteiger partial charge in [-0.2, -0.15) is 12.6 Å². The summed E-state index contributed by atoms with van der Waals surface area (Å²) in [4.78, 5) is 60.1. The van der Waals surface area contributed by atoms with E-state index in [-0.39, 0.29) is 36.9 Å². The first-order valence-corrected chi connectivity index (χ1v) is 11.3. The lowest BCUT2D eigenvalue weighted by atomic mass is 9.96. The smallest absolute Gasteiger partial charge is 0.326 e. The number of nitrogens with one attached hydrogen (secondary N) is 3. The third-order valence-electron chi connectivity index (χ3n) is 4.97. The monoisotopic (exact) mass is 475 g/mol. The van der Waals surface area contributed by atoms with Gasteiger partial charge < -0.3 is 32.5 Å². The number of amides is 4. The van der Waals surface area contributed by atoms with Crippen molar-refractivity contribution in [1.82, 2.24) is 16.0 Å². The van der Waals surface area contributed by atoms with E-state index in [1.54, 1.807) is 6.92 Å². The van der Waals surface area contributed by atoms with Gasteiger partial charge in [0.15, 0.2) is 0 Å². The highest BCUT2D eigenvalue weighted by Crippen LogP contribution is 2.11. The number of primary amides is 1. The maximum atomic E-state index is 12.8. The number of hydrogen-bond acceptors (Lipinski definition) is 7. The topological polar surface area (TPSA) is 194 Å². The van der Waals surface area contributed by atoms with Gasteiger partial charge in [-0.05, 0) is 24.7 Å². The molecule has 0 aromatic rings. The van der Waals surface area contributed by atoms with E-state index >= 15 is 0 Å². The first kappa shape index (κ1) is 29.7. The number of carboxylic acid groups (broad SMARTS) is 1. The summed E-state index contributed by atoms with van der Waals surface area (Å²) in [6.45, 7) is 7.25. The lowest BCUT2D eigenvalue weighted by Gasteiger charge is -2.28. The summed E-state index contributed by atoms with van der Waals surface area (Å²) in [5, 5.41) is 16.9. The third-order valence-corrected chi connectivity index (χ3v) is 5.33. The SMILES string of the molecule is CCC(C)C(NC(=O)C(CS)NC(=O)C(N)CCC(N)=O)C(=O)NC(CC(C)C)C(=O)O. The van der Waals surface area contributed by atoms with E-state index in [9.17, 15) is 29.1 Å². The fraction of sp³-hybridized carbons (Fsp3) is 0.750. The molecule has 0 aliphatic heterocycles. The predicted octanol–water partition coefficient (Wildman–Crippen LogP) is -0.860. The normalized spacial score (nSPS) is 15.7. The Morgan fingerprint density at radius 2 is 1.50 bits per heavy atom. The number of nitrogens with two attached hydrogens (primary N) is 2. The van der Waals surface area contributed by atoms with Crippen molar-refractivity contribution in [3.63, 3.8) is 0 Å². The van der Waals surface area contributed by atoms with E-state index in [0.717, 1.165) is 0 Å². The minimum Gasteiger partial charge on any atom is -0.480 e. The van der Waals surface area contributed by atoms with Crippen LogP contribution in [-0.4, -0.2) is 64.6 Å². The van der Waals surface area contributed by atoms with Gasteiger partial charge in [0.25, 0.3) is 0 Å². The fourth-order valence-corrected chi connectivity index (χ4v) is 3.07. The fourth-order valence-electron chi connectivity index (χ4n) is 2.81. The summed E-state index contributed by atoms with van der Waals surface area (Å²) in [5.41, 5.74) is 10.8. The number of carbonyl (C=O) groups is 5. The second-order valence-corrected chi connectivity index (χ2v) is 8.62. The second-order valence-electron chi connectivity index (χ2n) is 8.26. The van der Waals surface area contributed by atoms with E-state index < -0.39 is 53.8 Å². The van der Waals surface area contributed by atoms with Crippen molar-refractivity contribution in [2.75, 3.05) is 5.75 Å². The lowest BCUT2D eigenvalue weighted by molar-refractivity contribution is -0.143. The minimum atomic E-state index is -1.16. The van der Waals surface area contributed by atoms with Gasteiger partial charge in [0.05, 0.1) is 6.04 Å². The van der Waals surface area contributed by atoms with Crippen LogP contribution in [0.15, 0.2) is 0 Å². The number of rotatable bonds is 15. The van der Waals surface area contributed by atoms with Crippen LogP contribution in [0.4, 0.5) is 0 Å². The molecule has 0 saturated heterocycles. The van der Waals surface area contributed by atoms with Gasteiger partial charge in [-0.25, -0.2) is 4.79 Å². The molecule has 0 heterocycles. The molecule has 0 saturated carbocycles. The van der Waals surface area contributed by atoms with E-state index in [0.29, 0.717) is 6.42 Å². The van der Waals surface area contributed by atoms with E-state index in [2.05, 4.69) is 28.6 Å². The van der Waals surface area contributed by atoms with Crippen LogP contribution < -0.4 is 27.4 Å². The van der Waals surface area contributed by atoms with Crippen molar-refractivity contribution >= 4 is 42.2 Å². The Kier molecular flexibility index (Phi) is 13.6. The average Bonchev–Trinajstić information content (AvgIpc) is 2.71. The number of thiol groups is 1. The molecule has 0 aliphatic carbocycles. The summed E-state index contributed by atoms with van der Waals surface area (Å²) in [6.07, 6.45) is 0.715. The van der Waals surface area contributed by atoms with Crippen LogP contribution in [0.1, 0.15) is 53.4 Å². The molecule has 12 heteroatoms. The van der Waals surface area contributed by atoms with Gasteiger partial charge in [0.2, 0.25) is 23.6 Å². The Morgan fingerprint density at radius 1 is 0.938 bits per heavy atom. The Morgan fingerprint density at radius 3 is 1.94 bits per heavy atom. The number of hydrogen-bond donors (Lipinski definition) is 7. The molecule has 32 heavy (non-hydrogen) atoms. The summed E-state index contributed by atoms with van der Waals surface area (Å²) in [7, 11) is 0. The highest BCUT2D eigenvalue weighted by atomic mass is 32.1. The van der Waals surface area contributed by atoms with Crippen LogP contribution in [0.5, 0.6) is 0 Å². The molecule has 4 amide bonds. The van der Waals surface area contributed by atoms with Gasteiger partial charge in [-0.15, -0.1) is 0 Å². The quantitative estimate of drug-likeness (QED) is 0.150. The minimum absolute atomic E-state index is 0.0202. The number of carboxylic acids is 1. The first-order valence-electron chi connectivity index (χ1n) is 10.6. The highest BCUT2D eigenvalue weighted by molar-refractivity contribution is 7.80. The molecular formula is C20H37N5O6S. The molecule has 0 rings (SSSR count).